The number of unbranched alkanes of at least 4 members (excludes halogenated alkanes) is 3. The lowest BCUT2D eigenvalue weighted by Gasteiger charge is -2.32. The number of nitrogens with two attached hydrogens (primary N) is 1. The number of piperidine rings is 1. The number of rotatable bonds is 12. The van der Waals surface area contributed by atoms with Crippen molar-refractivity contribution in [3.05, 3.63) is 57.6 Å². The van der Waals surface area contributed by atoms with Gasteiger partial charge in [-0.05, 0) is 81.6 Å². The summed E-state index contributed by atoms with van der Waals surface area (Å²) in [4.78, 5) is 27.3. The van der Waals surface area contributed by atoms with Gasteiger partial charge in [0.2, 0.25) is 0 Å². The van der Waals surface area contributed by atoms with Gasteiger partial charge in [0.1, 0.15) is 5.75 Å². The van der Waals surface area contributed by atoms with Gasteiger partial charge in [-0.2, -0.15) is 0 Å². The molecule has 1 fully saturated rings. The molecule has 0 unspecified atom stereocenters. The minimum Gasteiger partial charge on any atom is -0.496 e. The summed E-state index contributed by atoms with van der Waals surface area (Å²) in [5.41, 5.74) is 7.33. The van der Waals surface area contributed by atoms with Gasteiger partial charge in [0, 0.05) is 29.6 Å². The molecule has 0 aliphatic carbocycles. The highest BCUT2D eigenvalue weighted by atomic mass is 35.5. The van der Waals surface area contributed by atoms with Crippen LogP contribution in [0.4, 0.5) is 5.69 Å². The number of nitrogen functional groups attached to an aromatic ring is 1. The zero-order valence-corrected chi connectivity index (χ0v) is 21.8. The second kappa shape index (κ2) is 13.7. The number of amides is 1. The van der Waals surface area contributed by atoms with Crippen molar-refractivity contribution in [3.63, 3.8) is 0 Å². The monoisotopic (exact) mass is 519 g/mol. The number of ether oxygens (including phenoxy) is 1. The van der Waals surface area contributed by atoms with E-state index in [2.05, 4.69) is 10.2 Å². The summed E-state index contributed by atoms with van der Waals surface area (Å²) in [6.07, 6.45) is 7.00. The summed E-state index contributed by atoms with van der Waals surface area (Å²) < 4.78 is 5.28. The Kier molecular flexibility index (Phi) is 10.7. The molecule has 190 valence electrons. The predicted molar refractivity (Wildman–Crippen MR) is 143 cm³/mol. The zero-order chi connectivity index (χ0) is 25.2. The van der Waals surface area contributed by atoms with Gasteiger partial charge in [-0.3, -0.25) is 9.59 Å². The van der Waals surface area contributed by atoms with Crippen molar-refractivity contribution in [2.24, 2.45) is 5.92 Å². The number of benzene rings is 2. The van der Waals surface area contributed by atoms with Crippen molar-refractivity contribution in [2.75, 3.05) is 39.0 Å². The summed E-state index contributed by atoms with van der Waals surface area (Å²) in [6.45, 7) is 3.82. The molecule has 6 nitrogen and oxygen atoms in total. The number of halogens is 2. The Balaban J connectivity index is 1.27. The van der Waals surface area contributed by atoms with Crippen LogP contribution in [0, 0.1) is 5.92 Å². The molecule has 0 aromatic heterocycles. The topological polar surface area (TPSA) is 84.7 Å². The van der Waals surface area contributed by atoms with E-state index in [0.29, 0.717) is 45.9 Å². The maximum atomic E-state index is 12.6. The highest BCUT2D eigenvalue weighted by Gasteiger charge is 2.21. The second-order valence-electron chi connectivity index (χ2n) is 9.16. The lowest BCUT2D eigenvalue weighted by molar-refractivity contribution is 0.0931. The third kappa shape index (κ3) is 8.41. The van der Waals surface area contributed by atoms with Crippen LogP contribution < -0.4 is 15.8 Å². The number of methoxy groups -OCH3 is 1. The Morgan fingerprint density at radius 3 is 2.43 bits per heavy atom. The number of hydrogen-bond acceptors (Lipinski definition) is 5. The van der Waals surface area contributed by atoms with Crippen molar-refractivity contribution >= 4 is 40.6 Å². The molecule has 2 aromatic carbocycles. The Morgan fingerprint density at radius 2 is 1.74 bits per heavy atom. The summed E-state index contributed by atoms with van der Waals surface area (Å²) in [5, 5.41) is 4.02. The molecule has 1 heterocycles. The van der Waals surface area contributed by atoms with Gasteiger partial charge in [-0.15, -0.1) is 0 Å². The number of hydrogen-bond donors (Lipinski definition) is 2. The van der Waals surface area contributed by atoms with Gasteiger partial charge in [-0.1, -0.05) is 36.0 Å². The number of carbonyl (C=O) groups is 2. The molecule has 2 aromatic rings. The normalized spacial score (nSPS) is 14.6. The van der Waals surface area contributed by atoms with Crippen LogP contribution in [0.2, 0.25) is 10.0 Å². The fourth-order valence-electron chi connectivity index (χ4n) is 4.42. The SMILES string of the molecule is COc1cc(N)c(Cl)cc1C(=O)NCC1CCN(CCCCCCC(=O)c2ccc(Cl)cc2)CC1. The van der Waals surface area contributed by atoms with E-state index in [4.69, 9.17) is 33.7 Å². The van der Waals surface area contributed by atoms with Crippen LogP contribution in [0.15, 0.2) is 36.4 Å². The van der Waals surface area contributed by atoms with E-state index >= 15 is 0 Å². The van der Waals surface area contributed by atoms with E-state index < -0.39 is 0 Å². The number of nitrogens with one attached hydrogen (secondary N) is 1. The average molecular weight is 521 g/mol. The number of likely N-dealkylation sites (tertiary alicyclic amines) is 1. The van der Waals surface area contributed by atoms with Gasteiger partial charge in [0.15, 0.2) is 5.78 Å². The first kappa shape index (κ1) is 27.3. The largest absolute Gasteiger partial charge is 0.496 e. The summed E-state index contributed by atoms with van der Waals surface area (Å²) in [6, 6.07) is 10.3. The van der Waals surface area contributed by atoms with E-state index in [0.717, 1.165) is 63.7 Å². The molecule has 0 spiro atoms. The fourth-order valence-corrected chi connectivity index (χ4v) is 4.71. The minimum atomic E-state index is -0.194. The van der Waals surface area contributed by atoms with Gasteiger partial charge in [0.25, 0.3) is 5.91 Å². The standard InChI is InChI=1S/C27H35Cl2N3O3/c1-35-26-17-24(30)23(29)16-22(26)27(34)31-18-19-11-14-32(15-12-19)13-5-3-2-4-6-25(33)20-7-9-21(28)10-8-20/h7-10,16-17,19H,2-6,11-15,18,30H2,1H3,(H,31,34). The molecule has 35 heavy (non-hydrogen) atoms. The van der Waals surface area contributed by atoms with Crippen LogP contribution in [-0.4, -0.2) is 49.9 Å². The predicted octanol–water partition coefficient (Wildman–Crippen LogP) is 5.86. The van der Waals surface area contributed by atoms with E-state index in [9.17, 15) is 9.59 Å². The van der Waals surface area contributed by atoms with Crippen molar-refractivity contribution in [3.8, 4) is 5.75 Å². The van der Waals surface area contributed by atoms with Crippen LogP contribution in [0.1, 0.15) is 65.7 Å². The molecular weight excluding hydrogens is 485 g/mol. The number of Topliss-reactive ketones (excluding diaryl/α,β-unsaturated/α-hetero) is 1. The first-order valence-electron chi connectivity index (χ1n) is 12.3. The molecule has 0 atom stereocenters. The van der Waals surface area contributed by atoms with Crippen LogP contribution in [0.3, 0.4) is 0 Å². The summed E-state index contributed by atoms with van der Waals surface area (Å²) in [7, 11) is 1.51. The van der Waals surface area contributed by atoms with Gasteiger partial charge < -0.3 is 20.7 Å². The van der Waals surface area contributed by atoms with Crippen LogP contribution in [0.5, 0.6) is 5.75 Å². The Hall–Kier alpha value is -2.28. The van der Waals surface area contributed by atoms with Crippen molar-refractivity contribution in [2.45, 2.75) is 44.9 Å². The lowest BCUT2D eigenvalue weighted by Crippen LogP contribution is -2.39. The fraction of sp³-hybridized carbons (Fsp3) is 0.481. The smallest absolute Gasteiger partial charge is 0.255 e. The quantitative estimate of drug-likeness (QED) is 0.208. The highest BCUT2D eigenvalue weighted by Crippen LogP contribution is 2.29. The van der Waals surface area contributed by atoms with Crippen LogP contribution in [0.25, 0.3) is 0 Å². The number of carbonyl (C=O) groups excluding carboxylic acids is 2. The molecule has 1 amide bonds. The molecule has 1 aliphatic rings. The van der Waals surface area contributed by atoms with Crippen molar-refractivity contribution in [1.29, 1.82) is 0 Å². The third-order valence-corrected chi connectivity index (χ3v) is 7.20. The Bertz CT molecular complexity index is 990. The molecule has 0 radical (unpaired) electrons. The number of nitrogens with zero attached hydrogens (tertiary/aromatic N) is 1. The van der Waals surface area contributed by atoms with E-state index in [1.54, 1.807) is 36.4 Å². The van der Waals surface area contributed by atoms with E-state index in [1.807, 2.05) is 0 Å². The van der Waals surface area contributed by atoms with E-state index in [-0.39, 0.29) is 11.7 Å². The third-order valence-electron chi connectivity index (χ3n) is 6.62. The van der Waals surface area contributed by atoms with Gasteiger partial charge in [-0.25, -0.2) is 0 Å². The molecule has 1 saturated heterocycles. The average Bonchev–Trinajstić information content (AvgIpc) is 2.87. The first-order valence-corrected chi connectivity index (χ1v) is 13.0. The first-order chi connectivity index (χ1) is 16.9. The molecule has 0 bridgehead atoms. The summed E-state index contributed by atoms with van der Waals surface area (Å²) in [5.74, 6) is 0.882. The molecule has 1 aliphatic heterocycles. The minimum absolute atomic E-state index is 0.189. The zero-order valence-electron chi connectivity index (χ0n) is 20.3. The summed E-state index contributed by atoms with van der Waals surface area (Å²) >= 11 is 12.0. The van der Waals surface area contributed by atoms with E-state index in [1.165, 1.54) is 7.11 Å². The number of anilines is 1. The Morgan fingerprint density at radius 1 is 1.06 bits per heavy atom. The highest BCUT2D eigenvalue weighted by molar-refractivity contribution is 6.33. The molecule has 0 saturated carbocycles. The lowest BCUT2D eigenvalue weighted by atomic mass is 9.96. The van der Waals surface area contributed by atoms with Crippen LogP contribution in [-0.2, 0) is 0 Å². The molecule has 3 rings (SSSR count). The molecule has 3 N–H and O–H groups in total. The molecular formula is C27H35Cl2N3O3. The van der Waals surface area contributed by atoms with Gasteiger partial charge in [0.05, 0.1) is 23.4 Å². The second-order valence-corrected chi connectivity index (χ2v) is 10.0. The van der Waals surface area contributed by atoms with Gasteiger partial charge >= 0.3 is 0 Å². The van der Waals surface area contributed by atoms with Crippen molar-refractivity contribution < 1.29 is 14.3 Å². The maximum Gasteiger partial charge on any atom is 0.255 e. The molecule has 8 heteroatoms. The number of ketones is 1. The maximum absolute atomic E-state index is 12.6. The Labute approximate surface area is 218 Å². The van der Waals surface area contributed by atoms with Crippen molar-refractivity contribution in [1.82, 2.24) is 10.2 Å². The van der Waals surface area contributed by atoms with Crippen LogP contribution >= 0.6 is 23.2 Å².